The summed E-state index contributed by atoms with van der Waals surface area (Å²) in [5.74, 6) is 1.08. The fourth-order valence-electron chi connectivity index (χ4n) is 2.81. The number of carbonyl (C=O) groups excluding carboxylic acids is 1. The molecular weight excluding hydrogens is 406 g/mol. The van der Waals surface area contributed by atoms with Crippen LogP contribution >= 0.6 is 11.6 Å². The van der Waals surface area contributed by atoms with Gasteiger partial charge in [0.25, 0.3) is 11.5 Å². The van der Waals surface area contributed by atoms with Gasteiger partial charge in [0.2, 0.25) is 0 Å². The van der Waals surface area contributed by atoms with Gasteiger partial charge in [-0.2, -0.15) is 10.2 Å². The molecule has 0 aliphatic heterocycles. The molecular formula is C21H16ClN5O3. The lowest BCUT2D eigenvalue weighted by atomic mass is 10.2. The molecule has 0 bridgehead atoms. The largest absolute Gasteiger partial charge is 0.455 e. The Morgan fingerprint density at radius 2 is 1.93 bits per heavy atom. The van der Waals surface area contributed by atoms with Crippen molar-refractivity contribution >= 4 is 23.2 Å². The number of nitrogens with one attached hydrogen (secondary N) is 2. The maximum Gasteiger partial charge on any atom is 0.264 e. The van der Waals surface area contributed by atoms with Gasteiger partial charge in [-0.3, -0.25) is 9.59 Å². The molecule has 0 spiro atoms. The molecule has 1 amide bonds. The van der Waals surface area contributed by atoms with Gasteiger partial charge >= 0.3 is 0 Å². The van der Waals surface area contributed by atoms with Crippen LogP contribution in [0.15, 0.2) is 71.7 Å². The van der Waals surface area contributed by atoms with Crippen molar-refractivity contribution in [1.29, 1.82) is 0 Å². The van der Waals surface area contributed by atoms with Gasteiger partial charge in [0.15, 0.2) is 11.6 Å². The van der Waals surface area contributed by atoms with Crippen LogP contribution in [0.25, 0.3) is 5.82 Å². The second kappa shape index (κ2) is 8.22. The Bertz CT molecular complexity index is 1250. The molecule has 2 aromatic heterocycles. The highest BCUT2D eigenvalue weighted by atomic mass is 35.5. The highest BCUT2D eigenvalue weighted by molar-refractivity contribution is 6.31. The highest BCUT2D eigenvalue weighted by Crippen LogP contribution is 2.32. The summed E-state index contributed by atoms with van der Waals surface area (Å²) in [6.45, 7) is 1.73. The van der Waals surface area contributed by atoms with Crippen molar-refractivity contribution in [1.82, 2.24) is 20.0 Å². The normalized spacial score (nSPS) is 10.6. The molecule has 9 heteroatoms. The third-order valence-electron chi connectivity index (χ3n) is 4.30. The van der Waals surface area contributed by atoms with Gasteiger partial charge in [0.05, 0.1) is 23.1 Å². The van der Waals surface area contributed by atoms with Crippen molar-refractivity contribution in [3.63, 3.8) is 0 Å². The number of ether oxygens (including phenoxy) is 1. The monoisotopic (exact) mass is 421 g/mol. The van der Waals surface area contributed by atoms with Crippen LogP contribution in [0.5, 0.6) is 11.5 Å². The van der Waals surface area contributed by atoms with Gasteiger partial charge < -0.3 is 10.1 Å². The van der Waals surface area contributed by atoms with E-state index in [4.69, 9.17) is 16.3 Å². The van der Waals surface area contributed by atoms with E-state index in [1.54, 1.807) is 25.1 Å². The molecule has 2 aromatic carbocycles. The minimum absolute atomic E-state index is 0.326. The number of nitrogens with zero attached hydrogens (tertiary/aromatic N) is 3. The zero-order chi connectivity index (χ0) is 21.1. The molecule has 4 rings (SSSR count). The van der Waals surface area contributed by atoms with Crippen molar-refractivity contribution in [2.75, 3.05) is 5.32 Å². The first-order chi connectivity index (χ1) is 14.5. The summed E-state index contributed by atoms with van der Waals surface area (Å²) in [6, 6.07) is 17.0. The first-order valence-electron chi connectivity index (χ1n) is 8.96. The Kier molecular flexibility index (Phi) is 5.32. The first-order valence-corrected chi connectivity index (χ1v) is 9.33. The zero-order valence-electron chi connectivity index (χ0n) is 15.8. The number of para-hydroxylation sites is 1. The molecule has 2 N–H and O–H groups in total. The Hall–Kier alpha value is -3.91. The van der Waals surface area contributed by atoms with Gasteiger partial charge in [-0.15, -0.1) is 0 Å². The Labute approximate surface area is 176 Å². The third-order valence-corrected chi connectivity index (χ3v) is 4.53. The van der Waals surface area contributed by atoms with Gasteiger partial charge in [0.1, 0.15) is 5.75 Å². The number of H-pyrrole nitrogens is 1. The predicted octanol–water partition coefficient (Wildman–Crippen LogP) is 3.96. The maximum absolute atomic E-state index is 12.9. The van der Waals surface area contributed by atoms with Crippen LogP contribution < -0.4 is 15.6 Å². The summed E-state index contributed by atoms with van der Waals surface area (Å²) in [5.41, 5.74) is 0.993. The van der Waals surface area contributed by atoms with E-state index < -0.39 is 0 Å². The van der Waals surface area contributed by atoms with E-state index >= 15 is 0 Å². The molecule has 2 heterocycles. The lowest BCUT2D eigenvalue weighted by molar-refractivity contribution is 0.102. The SMILES string of the molecule is Cc1c(C(=O)Nc2cc(Cl)ccc2Oc2ccccc2)cnn1-c1ccc(=O)[nH]n1. The number of benzene rings is 2. The zero-order valence-corrected chi connectivity index (χ0v) is 16.6. The predicted molar refractivity (Wildman–Crippen MR) is 113 cm³/mol. The molecule has 0 radical (unpaired) electrons. The fraction of sp³-hybridized carbons (Fsp3) is 0.0476. The van der Waals surface area contributed by atoms with Crippen LogP contribution in [-0.4, -0.2) is 25.9 Å². The standard InChI is InChI=1S/C21H16ClN5O3/c1-13-16(12-23-27(13)19-9-10-20(28)26-25-19)21(29)24-17-11-14(22)7-8-18(17)30-15-5-3-2-4-6-15/h2-12H,1H3,(H,24,29)(H,26,28). The summed E-state index contributed by atoms with van der Waals surface area (Å²) in [7, 11) is 0. The second-order valence-corrected chi connectivity index (χ2v) is 6.78. The van der Waals surface area contributed by atoms with E-state index in [-0.39, 0.29) is 11.5 Å². The van der Waals surface area contributed by atoms with Gasteiger partial charge in [-0.25, -0.2) is 9.78 Å². The van der Waals surface area contributed by atoms with E-state index in [0.29, 0.717) is 39.3 Å². The van der Waals surface area contributed by atoms with E-state index in [1.807, 2.05) is 30.3 Å². The quantitative estimate of drug-likeness (QED) is 0.507. The van der Waals surface area contributed by atoms with Gasteiger partial charge in [-0.1, -0.05) is 29.8 Å². The average molecular weight is 422 g/mol. The molecule has 0 fully saturated rings. The number of hydrogen-bond donors (Lipinski definition) is 2. The lowest BCUT2D eigenvalue weighted by Crippen LogP contribution is -2.14. The van der Waals surface area contributed by atoms with Crippen molar-refractivity contribution in [2.45, 2.75) is 6.92 Å². The number of carbonyl (C=O) groups is 1. The van der Waals surface area contributed by atoms with E-state index in [2.05, 4.69) is 20.6 Å². The maximum atomic E-state index is 12.9. The molecule has 0 aliphatic carbocycles. The molecule has 0 saturated heterocycles. The van der Waals surface area contributed by atoms with Crippen LogP contribution in [0.4, 0.5) is 5.69 Å². The Morgan fingerprint density at radius 3 is 2.67 bits per heavy atom. The van der Waals surface area contributed by atoms with Crippen LogP contribution in [0, 0.1) is 6.92 Å². The molecule has 0 saturated carbocycles. The number of halogens is 1. The summed E-state index contributed by atoms with van der Waals surface area (Å²) < 4.78 is 7.34. The van der Waals surface area contributed by atoms with Crippen molar-refractivity contribution in [3.8, 4) is 17.3 Å². The summed E-state index contributed by atoms with van der Waals surface area (Å²) >= 11 is 6.12. The molecule has 4 aromatic rings. The lowest BCUT2D eigenvalue weighted by Gasteiger charge is -2.13. The minimum Gasteiger partial charge on any atom is -0.455 e. The fourth-order valence-corrected chi connectivity index (χ4v) is 2.98. The smallest absolute Gasteiger partial charge is 0.264 e. The molecule has 30 heavy (non-hydrogen) atoms. The number of hydrogen-bond acceptors (Lipinski definition) is 5. The Balaban J connectivity index is 1.61. The Morgan fingerprint density at radius 1 is 1.13 bits per heavy atom. The molecule has 0 unspecified atom stereocenters. The van der Waals surface area contributed by atoms with E-state index in [9.17, 15) is 9.59 Å². The van der Waals surface area contributed by atoms with E-state index in [1.165, 1.54) is 23.0 Å². The number of rotatable bonds is 5. The number of aromatic nitrogens is 4. The molecule has 150 valence electrons. The van der Waals surface area contributed by atoms with Gasteiger partial charge in [-0.05, 0) is 43.3 Å². The summed E-state index contributed by atoms with van der Waals surface area (Å²) in [4.78, 5) is 24.1. The third kappa shape index (κ3) is 4.08. The first kappa shape index (κ1) is 19.4. The average Bonchev–Trinajstić information content (AvgIpc) is 3.13. The summed E-state index contributed by atoms with van der Waals surface area (Å²) in [5, 5.41) is 13.8. The van der Waals surface area contributed by atoms with Crippen LogP contribution in [0.1, 0.15) is 16.1 Å². The van der Waals surface area contributed by atoms with Crippen LogP contribution in [0.2, 0.25) is 5.02 Å². The van der Waals surface area contributed by atoms with Crippen LogP contribution in [0.3, 0.4) is 0 Å². The molecule has 0 atom stereocenters. The number of amides is 1. The van der Waals surface area contributed by atoms with Crippen molar-refractivity contribution in [2.24, 2.45) is 0 Å². The van der Waals surface area contributed by atoms with Gasteiger partial charge in [0, 0.05) is 11.1 Å². The van der Waals surface area contributed by atoms with Crippen LogP contribution in [-0.2, 0) is 0 Å². The van der Waals surface area contributed by atoms with E-state index in [0.717, 1.165) is 0 Å². The summed E-state index contributed by atoms with van der Waals surface area (Å²) in [6.07, 6.45) is 1.43. The second-order valence-electron chi connectivity index (χ2n) is 6.34. The molecule has 8 nitrogen and oxygen atoms in total. The minimum atomic E-state index is -0.386. The van der Waals surface area contributed by atoms with Crippen molar-refractivity contribution < 1.29 is 9.53 Å². The van der Waals surface area contributed by atoms with Crippen molar-refractivity contribution in [3.05, 3.63) is 93.5 Å². The highest BCUT2D eigenvalue weighted by Gasteiger charge is 2.18. The number of aromatic amines is 1. The topological polar surface area (TPSA) is 102 Å². The molecule has 0 aliphatic rings. The number of anilines is 1.